The zero-order valence-electron chi connectivity index (χ0n) is 18.7. The van der Waals surface area contributed by atoms with Crippen molar-refractivity contribution in [2.75, 3.05) is 31.1 Å². The van der Waals surface area contributed by atoms with Crippen LogP contribution >= 0.6 is 0 Å². The Balaban J connectivity index is 1.41. The van der Waals surface area contributed by atoms with Crippen molar-refractivity contribution in [3.8, 4) is 0 Å². The highest BCUT2D eigenvalue weighted by molar-refractivity contribution is 7.89. The molecule has 3 aromatic carbocycles. The molecule has 34 heavy (non-hydrogen) atoms. The second kappa shape index (κ2) is 9.19. The van der Waals surface area contributed by atoms with Gasteiger partial charge in [-0.2, -0.15) is 4.31 Å². The summed E-state index contributed by atoms with van der Waals surface area (Å²) in [5.74, 6) is -0.695. The van der Waals surface area contributed by atoms with Crippen molar-refractivity contribution in [3.63, 3.8) is 0 Å². The van der Waals surface area contributed by atoms with Crippen molar-refractivity contribution in [1.82, 2.24) is 9.21 Å². The third kappa shape index (κ3) is 4.31. The minimum absolute atomic E-state index is 0.0139. The lowest BCUT2D eigenvalue weighted by Gasteiger charge is -2.41. The van der Waals surface area contributed by atoms with Crippen LogP contribution < -0.4 is 4.90 Å². The van der Waals surface area contributed by atoms with Gasteiger partial charge in [0.2, 0.25) is 15.9 Å². The molecule has 6 nitrogen and oxygen atoms in total. The van der Waals surface area contributed by atoms with E-state index in [0.29, 0.717) is 32.6 Å². The summed E-state index contributed by atoms with van der Waals surface area (Å²) in [6.45, 7) is 2.52. The summed E-state index contributed by atoms with van der Waals surface area (Å²) >= 11 is 0. The Hall–Kier alpha value is -3.23. The highest BCUT2D eigenvalue weighted by Gasteiger charge is 2.41. The highest BCUT2D eigenvalue weighted by Crippen LogP contribution is 2.30. The zero-order valence-corrected chi connectivity index (χ0v) is 19.5. The van der Waals surface area contributed by atoms with E-state index in [0.717, 1.165) is 28.9 Å². The second-order valence-corrected chi connectivity index (χ2v) is 10.5. The number of amides is 1. The summed E-state index contributed by atoms with van der Waals surface area (Å²) in [5, 5.41) is 0. The zero-order chi connectivity index (χ0) is 23.7. The van der Waals surface area contributed by atoms with E-state index in [1.165, 1.54) is 16.4 Å². The van der Waals surface area contributed by atoms with Gasteiger partial charge in [-0.25, -0.2) is 12.8 Å². The van der Waals surface area contributed by atoms with Crippen molar-refractivity contribution in [2.24, 2.45) is 0 Å². The number of anilines is 1. The molecule has 0 radical (unpaired) electrons. The Labute approximate surface area is 199 Å². The van der Waals surface area contributed by atoms with Gasteiger partial charge in [0, 0.05) is 38.4 Å². The van der Waals surface area contributed by atoms with Crippen LogP contribution in [0, 0.1) is 5.82 Å². The fourth-order valence-electron chi connectivity index (χ4n) is 4.74. The average Bonchev–Trinajstić information content (AvgIpc) is 2.88. The Bertz CT molecular complexity index is 1270. The van der Waals surface area contributed by atoms with E-state index in [2.05, 4.69) is 4.90 Å². The molecular weight excluding hydrogens is 453 g/mol. The fraction of sp³-hybridized carbons (Fsp3) is 0.269. The average molecular weight is 480 g/mol. The van der Waals surface area contributed by atoms with E-state index in [-0.39, 0.29) is 17.3 Å². The molecule has 8 heteroatoms. The summed E-state index contributed by atoms with van der Waals surface area (Å²) in [6.07, 6.45) is 0.314. The number of piperazine rings is 1. The first-order chi connectivity index (χ1) is 16.4. The van der Waals surface area contributed by atoms with Crippen molar-refractivity contribution in [3.05, 3.63) is 95.8 Å². The van der Waals surface area contributed by atoms with Gasteiger partial charge in [0.05, 0.1) is 4.90 Å². The van der Waals surface area contributed by atoms with Crippen LogP contribution in [0.25, 0.3) is 0 Å². The Kier molecular flexibility index (Phi) is 6.10. The number of carbonyl (C=O) groups is 1. The number of hydrogen-bond acceptors (Lipinski definition) is 4. The molecule has 1 fully saturated rings. The van der Waals surface area contributed by atoms with Gasteiger partial charge in [0.1, 0.15) is 11.9 Å². The fourth-order valence-corrected chi connectivity index (χ4v) is 6.30. The van der Waals surface area contributed by atoms with Crippen molar-refractivity contribution >= 4 is 21.6 Å². The first kappa shape index (κ1) is 22.6. The van der Waals surface area contributed by atoms with Gasteiger partial charge in [0.25, 0.3) is 0 Å². The molecule has 1 saturated heterocycles. The van der Waals surface area contributed by atoms with Gasteiger partial charge >= 0.3 is 0 Å². The number of hydrogen-bond donors (Lipinski definition) is 0. The molecule has 1 atom stereocenters. The standard InChI is InChI=1S/C26H26FN3O3S/c27-22-10-12-24(13-11-22)34(32,33)30-19-21-7-5-4-6-20(21)18-25(30)26(31)29-16-14-28(15-17-29)23-8-2-1-3-9-23/h1-13,25H,14-19H2. The molecule has 5 rings (SSSR count). The molecular formula is C26H26FN3O3S. The molecule has 0 N–H and O–H groups in total. The van der Waals surface area contributed by atoms with Crippen LogP contribution in [0.5, 0.6) is 0 Å². The molecule has 0 saturated carbocycles. The third-order valence-electron chi connectivity index (χ3n) is 6.62. The second-order valence-electron chi connectivity index (χ2n) is 8.64. The summed E-state index contributed by atoms with van der Waals surface area (Å²) in [7, 11) is -4.00. The van der Waals surface area contributed by atoms with Crippen molar-refractivity contribution < 1.29 is 17.6 Å². The minimum atomic E-state index is -4.00. The molecule has 176 valence electrons. The number of halogens is 1. The van der Waals surface area contributed by atoms with E-state index in [1.54, 1.807) is 4.90 Å². The van der Waals surface area contributed by atoms with Crippen LogP contribution in [0.3, 0.4) is 0 Å². The number of nitrogens with zero attached hydrogens (tertiary/aromatic N) is 3. The lowest BCUT2D eigenvalue weighted by molar-refractivity contribution is -0.136. The summed E-state index contributed by atoms with van der Waals surface area (Å²) in [5.41, 5.74) is 2.97. The van der Waals surface area contributed by atoms with E-state index in [4.69, 9.17) is 0 Å². The van der Waals surface area contributed by atoms with E-state index < -0.39 is 21.9 Å². The maximum absolute atomic E-state index is 13.7. The van der Waals surface area contributed by atoms with E-state index in [1.807, 2.05) is 54.6 Å². The molecule has 0 bridgehead atoms. The summed E-state index contributed by atoms with van der Waals surface area (Å²) in [6, 6.07) is 21.6. The summed E-state index contributed by atoms with van der Waals surface area (Å²) < 4.78 is 41.9. The van der Waals surface area contributed by atoms with Gasteiger partial charge in [-0.1, -0.05) is 42.5 Å². The topological polar surface area (TPSA) is 60.9 Å². The Morgan fingerprint density at radius 1 is 0.794 bits per heavy atom. The predicted molar refractivity (Wildman–Crippen MR) is 128 cm³/mol. The number of para-hydroxylation sites is 1. The van der Waals surface area contributed by atoms with E-state index in [9.17, 15) is 17.6 Å². The van der Waals surface area contributed by atoms with Gasteiger partial charge in [-0.15, -0.1) is 0 Å². The number of fused-ring (bicyclic) bond motifs is 1. The molecule has 2 heterocycles. The first-order valence-corrected chi connectivity index (χ1v) is 12.8. The lowest BCUT2D eigenvalue weighted by Crippen LogP contribution is -2.57. The first-order valence-electron chi connectivity index (χ1n) is 11.4. The quantitative estimate of drug-likeness (QED) is 0.576. The summed E-state index contributed by atoms with van der Waals surface area (Å²) in [4.78, 5) is 17.7. The normalized spacial score (nSPS) is 19.0. The van der Waals surface area contributed by atoms with E-state index >= 15 is 0 Å². The lowest BCUT2D eigenvalue weighted by atomic mass is 9.95. The molecule has 1 unspecified atom stereocenters. The number of carbonyl (C=O) groups excluding carboxylic acids is 1. The molecule has 0 aliphatic carbocycles. The van der Waals surface area contributed by atoms with Crippen LogP contribution in [0.4, 0.5) is 10.1 Å². The largest absolute Gasteiger partial charge is 0.368 e. The molecule has 0 spiro atoms. The number of sulfonamides is 1. The Morgan fingerprint density at radius 3 is 2.09 bits per heavy atom. The molecule has 3 aromatic rings. The van der Waals surface area contributed by atoms with Gasteiger partial charge in [-0.3, -0.25) is 4.79 Å². The third-order valence-corrected chi connectivity index (χ3v) is 8.49. The number of benzene rings is 3. The minimum Gasteiger partial charge on any atom is -0.368 e. The van der Waals surface area contributed by atoms with Gasteiger partial charge in [-0.05, 0) is 53.9 Å². The van der Waals surface area contributed by atoms with Crippen LogP contribution in [0.15, 0.2) is 83.8 Å². The van der Waals surface area contributed by atoms with Crippen LogP contribution in [0.2, 0.25) is 0 Å². The smallest absolute Gasteiger partial charge is 0.244 e. The molecule has 2 aliphatic heterocycles. The van der Waals surface area contributed by atoms with Crippen LogP contribution in [-0.4, -0.2) is 55.8 Å². The van der Waals surface area contributed by atoms with Crippen molar-refractivity contribution in [2.45, 2.75) is 23.9 Å². The predicted octanol–water partition coefficient (Wildman–Crippen LogP) is 3.29. The van der Waals surface area contributed by atoms with Gasteiger partial charge in [0.15, 0.2) is 0 Å². The SMILES string of the molecule is O=C(C1Cc2ccccc2CN1S(=O)(=O)c1ccc(F)cc1)N1CCN(c2ccccc2)CC1. The van der Waals surface area contributed by atoms with Crippen molar-refractivity contribution in [1.29, 1.82) is 0 Å². The monoisotopic (exact) mass is 479 g/mol. The highest BCUT2D eigenvalue weighted by atomic mass is 32.2. The maximum atomic E-state index is 13.7. The van der Waals surface area contributed by atoms with Gasteiger partial charge < -0.3 is 9.80 Å². The maximum Gasteiger partial charge on any atom is 0.244 e. The Morgan fingerprint density at radius 2 is 1.41 bits per heavy atom. The number of rotatable bonds is 4. The van der Waals surface area contributed by atoms with Crippen LogP contribution in [0.1, 0.15) is 11.1 Å². The molecule has 0 aromatic heterocycles. The molecule has 2 aliphatic rings. The molecule has 1 amide bonds. The van der Waals surface area contributed by atoms with Crippen LogP contribution in [-0.2, 0) is 27.8 Å².